The Bertz CT molecular complexity index is 593. The molecule has 8 nitrogen and oxygen atoms in total. The van der Waals surface area contributed by atoms with E-state index in [1.807, 2.05) is 0 Å². The zero-order valence-electron chi connectivity index (χ0n) is 12.1. The van der Waals surface area contributed by atoms with Crippen LogP contribution < -0.4 is 10.6 Å². The highest BCUT2D eigenvalue weighted by atomic mass is 16.4. The third kappa shape index (κ3) is 2.88. The summed E-state index contributed by atoms with van der Waals surface area (Å²) in [6, 6.07) is 0. The summed E-state index contributed by atoms with van der Waals surface area (Å²) in [6.07, 6.45) is 2.95. The molecule has 0 aliphatic heterocycles. The van der Waals surface area contributed by atoms with Crippen molar-refractivity contribution >= 4 is 23.5 Å². The van der Waals surface area contributed by atoms with E-state index in [0.717, 1.165) is 0 Å². The molecule has 1 saturated carbocycles. The highest BCUT2D eigenvalue weighted by Crippen LogP contribution is 2.58. The van der Waals surface area contributed by atoms with E-state index in [1.54, 1.807) is 13.8 Å². The van der Waals surface area contributed by atoms with Gasteiger partial charge < -0.3 is 15.7 Å². The normalized spacial score (nSPS) is 22.4. The average Bonchev–Trinajstić information content (AvgIpc) is 2.74. The molecule has 0 bridgehead atoms. The summed E-state index contributed by atoms with van der Waals surface area (Å²) in [5.41, 5.74) is -0.107. The molecule has 3 N–H and O–H groups in total. The Kier molecular flexibility index (Phi) is 3.71. The fourth-order valence-corrected chi connectivity index (χ4v) is 2.55. The fraction of sp³-hybridized carbons (Fsp3) is 0.538. The third-order valence-corrected chi connectivity index (χ3v) is 3.86. The Balaban J connectivity index is 1.98. The highest BCUT2D eigenvalue weighted by Gasteiger charge is 2.65. The van der Waals surface area contributed by atoms with Crippen LogP contribution in [-0.4, -0.2) is 39.7 Å². The highest BCUT2D eigenvalue weighted by molar-refractivity contribution is 5.99. The summed E-state index contributed by atoms with van der Waals surface area (Å²) in [6.45, 7) is 3.56. The lowest BCUT2D eigenvalue weighted by atomic mass is 10.1. The molecule has 114 valence electrons. The van der Waals surface area contributed by atoms with E-state index >= 15 is 0 Å². The second-order valence-electron chi connectivity index (χ2n) is 5.70. The molecule has 1 fully saturated rings. The van der Waals surface area contributed by atoms with Gasteiger partial charge in [0.1, 0.15) is 6.54 Å². The van der Waals surface area contributed by atoms with Crippen molar-refractivity contribution in [1.29, 1.82) is 0 Å². The Morgan fingerprint density at radius 3 is 2.57 bits per heavy atom. The van der Waals surface area contributed by atoms with Crippen LogP contribution >= 0.6 is 0 Å². The van der Waals surface area contributed by atoms with Crippen LogP contribution in [0.4, 0.5) is 5.69 Å². The van der Waals surface area contributed by atoms with Crippen molar-refractivity contribution in [2.24, 2.45) is 17.3 Å². The molecule has 8 heteroatoms. The van der Waals surface area contributed by atoms with Crippen molar-refractivity contribution < 1.29 is 19.5 Å². The van der Waals surface area contributed by atoms with Crippen LogP contribution in [0.1, 0.15) is 13.8 Å². The lowest BCUT2D eigenvalue weighted by Crippen LogP contribution is -2.23. The lowest BCUT2D eigenvalue weighted by molar-refractivity contribution is -0.140. The SMILES string of the molecule is CNC(=O)Cn1cc(NC(=O)[C@H]2[C@@H](C(=O)O)C2(C)C)cn1. The first kappa shape index (κ1) is 15.0. The van der Waals surface area contributed by atoms with E-state index in [9.17, 15) is 14.4 Å². The molecule has 0 unspecified atom stereocenters. The number of aliphatic carboxylic acids is 1. The lowest BCUT2D eigenvalue weighted by Gasteiger charge is -2.03. The third-order valence-electron chi connectivity index (χ3n) is 3.86. The van der Waals surface area contributed by atoms with Crippen LogP contribution in [0.25, 0.3) is 0 Å². The minimum atomic E-state index is -0.963. The number of rotatable bonds is 5. The van der Waals surface area contributed by atoms with Crippen molar-refractivity contribution in [3.63, 3.8) is 0 Å². The fourth-order valence-electron chi connectivity index (χ4n) is 2.55. The van der Waals surface area contributed by atoms with Gasteiger partial charge in [-0.05, 0) is 5.41 Å². The summed E-state index contributed by atoms with van der Waals surface area (Å²) in [4.78, 5) is 34.4. The standard InChI is InChI=1S/C13H18N4O4/c1-13(2)9(10(13)12(20)21)11(19)16-7-4-15-17(5-7)6-8(18)14-3/h4-5,9-10H,6H2,1-3H3,(H,14,18)(H,16,19)(H,20,21)/t9-,10+/m1/s1. The van der Waals surface area contributed by atoms with Crippen molar-refractivity contribution in [2.75, 3.05) is 12.4 Å². The summed E-state index contributed by atoms with van der Waals surface area (Å²) >= 11 is 0. The molecule has 2 rings (SSSR count). The number of anilines is 1. The maximum absolute atomic E-state index is 12.1. The molecule has 0 radical (unpaired) electrons. The molecule has 0 saturated heterocycles. The molecule has 1 aromatic heterocycles. The van der Waals surface area contributed by atoms with Gasteiger partial charge in [-0.1, -0.05) is 13.8 Å². The summed E-state index contributed by atoms with van der Waals surface area (Å²) in [5, 5.41) is 18.1. The molecule has 1 aromatic rings. The Hall–Kier alpha value is -2.38. The van der Waals surface area contributed by atoms with Gasteiger partial charge in [0.05, 0.1) is 23.7 Å². The number of hydrogen-bond acceptors (Lipinski definition) is 4. The van der Waals surface area contributed by atoms with Gasteiger partial charge in [0.15, 0.2) is 0 Å². The number of carboxylic acids is 1. The van der Waals surface area contributed by atoms with Crippen molar-refractivity contribution in [1.82, 2.24) is 15.1 Å². The van der Waals surface area contributed by atoms with Crippen LogP contribution in [-0.2, 0) is 20.9 Å². The van der Waals surface area contributed by atoms with Crippen LogP contribution in [0, 0.1) is 17.3 Å². The van der Waals surface area contributed by atoms with Crippen LogP contribution in [0.3, 0.4) is 0 Å². The minimum Gasteiger partial charge on any atom is -0.481 e. The van der Waals surface area contributed by atoms with Crippen LogP contribution in [0.5, 0.6) is 0 Å². The summed E-state index contributed by atoms with van der Waals surface area (Å²) in [5.74, 6) is -2.73. The predicted molar refractivity (Wildman–Crippen MR) is 73.3 cm³/mol. The van der Waals surface area contributed by atoms with E-state index in [2.05, 4.69) is 15.7 Å². The molecule has 0 spiro atoms. The van der Waals surface area contributed by atoms with E-state index in [0.29, 0.717) is 5.69 Å². The van der Waals surface area contributed by atoms with Gasteiger partial charge in [0, 0.05) is 13.2 Å². The Labute approximate surface area is 121 Å². The molecule has 2 atom stereocenters. The second-order valence-corrected chi connectivity index (χ2v) is 5.70. The molecule has 2 amide bonds. The first-order chi connectivity index (χ1) is 9.77. The van der Waals surface area contributed by atoms with E-state index in [4.69, 9.17) is 5.11 Å². The second kappa shape index (κ2) is 5.19. The van der Waals surface area contributed by atoms with Crippen LogP contribution in [0.15, 0.2) is 12.4 Å². The first-order valence-electron chi connectivity index (χ1n) is 6.54. The van der Waals surface area contributed by atoms with Gasteiger partial charge in [-0.15, -0.1) is 0 Å². The topological polar surface area (TPSA) is 113 Å². The molecule has 21 heavy (non-hydrogen) atoms. The van der Waals surface area contributed by atoms with E-state index in [-0.39, 0.29) is 18.4 Å². The zero-order valence-corrected chi connectivity index (χ0v) is 12.1. The number of carboxylic acid groups (broad SMARTS) is 1. The number of amides is 2. The molecular formula is C13H18N4O4. The number of aromatic nitrogens is 2. The Morgan fingerprint density at radius 2 is 2.05 bits per heavy atom. The number of nitrogens with zero attached hydrogens (tertiary/aromatic N) is 2. The predicted octanol–water partition coefficient (Wildman–Crippen LogP) is -0.0756. The number of hydrogen-bond donors (Lipinski definition) is 3. The number of likely N-dealkylation sites (N-methyl/N-ethyl adjacent to an activating group) is 1. The van der Waals surface area contributed by atoms with Crippen molar-refractivity contribution in [3.8, 4) is 0 Å². The average molecular weight is 294 g/mol. The van der Waals surface area contributed by atoms with Gasteiger partial charge in [-0.3, -0.25) is 19.1 Å². The summed E-state index contributed by atoms with van der Waals surface area (Å²) < 4.78 is 1.39. The quantitative estimate of drug-likeness (QED) is 0.703. The molecule has 1 aliphatic carbocycles. The monoisotopic (exact) mass is 294 g/mol. The number of carbonyl (C=O) groups is 3. The molecule has 1 heterocycles. The molecule has 0 aromatic carbocycles. The first-order valence-corrected chi connectivity index (χ1v) is 6.54. The van der Waals surface area contributed by atoms with Gasteiger partial charge in [0.2, 0.25) is 11.8 Å². The maximum Gasteiger partial charge on any atom is 0.307 e. The summed E-state index contributed by atoms with van der Waals surface area (Å²) in [7, 11) is 1.52. The van der Waals surface area contributed by atoms with Gasteiger partial charge in [0.25, 0.3) is 0 Å². The number of nitrogens with one attached hydrogen (secondary N) is 2. The van der Waals surface area contributed by atoms with Crippen LogP contribution in [0.2, 0.25) is 0 Å². The molecular weight excluding hydrogens is 276 g/mol. The maximum atomic E-state index is 12.1. The molecule has 1 aliphatic rings. The smallest absolute Gasteiger partial charge is 0.307 e. The largest absolute Gasteiger partial charge is 0.481 e. The minimum absolute atomic E-state index is 0.0546. The zero-order chi connectivity index (χ0) is 15.8. The Morgan fingerprint density at radius 1 is 1.38 bits per heavy atom. The van der Waals surface area contributed by atoms with E-state index < -0.39 is 23.2 Å². The van der Waals surface area contributed by atoms with Gasteiger partial charge in [-0.25, -0.2) is 0 Å². The van der Waals surface area contributed by atoms with E-state index in [1.165, 1.54) is 24.1 Å². The van der Waals surface area contributed by atoms with Gasteiger partial charge >= 0.3 is 5.97 Å². The van der Waals surface area contributed by atoms with Crippen molar-refractivity contribution in [3.05, 3.63) is 12.4 Å². The number of carbonyl (C=O) groups excluding carboxylic acids is 2. The van der Waals surface area contributed by atoms with Crippen molar-refractivity contribution in [2.45, 2.75) is 20.4 Å². The van der Waals surface area contributed by atoms with Gasteiger partial charge in [-0.2, -0.15) is 5.10 Å².